The molecule has 0 amide bonds. The third-order valence-electron chi connectivity index (χ3n) is 6.07. The summed E-state index contributed by atoms with van der Waals surface area (Å²) in [6.07, 6.45) is 22.2. The van der Waals surface area contributed by atoms with Gasteiger partial charge in [-0.25, -0.2) is 8.42 Å². The van der Waals surface area contributed by atoms with Gasteiger partial charge in [0, 0.05) is 5.25 Å². The van der Waals surface area contributed by atoms with E-state index in [2.05, 4.69) is 6.92 Å². The summed E-state index contributed by atoms with van der Waals surface area (Å²) in [6, 6.07) is 0. The van der Waals surface area contributed by atoms with Gasteiger partial charge in [-0.2, -0.15) is 0 Å². The molecule has 6 heteroatoms. The SMILES string of the molecule is CCCCCCCCCCCCCCC(O)CCCCCCC(CC)S(=O)(=O)[O-].[Na+]. The maximum Gasteiger partial charge on any atom is 1.00 e. The fourth-order valence-electron chi connectivity index (χ4n) is 4.02. The van der Waals surface area contributed by atoms with E-state index in [1.807, 2.05) is 0 Å². The molecule has 0 aromatic heterocycles. The molecule has 0 rings (SSSR count). The largest absolute Gasteiger partial charge is 1.00 e. The zero-order valence-electron chi connectivity index (χ0n) is 20.4. The van der Waals surface area contributed by atoms with E-state index in [1.54, 1.807) is 6.92 Å². The van der Waals surface area contributed by atoms with Crippen molar-refractivity contribution in [2.75, 3.05) is 0 Å². The van der Waals surface area contributed by atoms with Crippen LogP contribution >= 0.6 is 0 Å². The Morgan fingerprint density at radius 2 is 0.967 bits per heavy atom. The van der Waals surface area contributed by atoms with Gasteiger partial charge >= 0.3 is 29.6 Å². The van der Waals surface area contributed by atoms with Gasteiger partial charge in [-0.1, -0.05) is 117 Å². The molecule has 0 aromatic rings. The van der Waals surface area contributed by atoms with E-state index in [0.29, 0.717) is 12.8 Å². The third-order valence-corrected chi connectivity index (χ3v) is 7.45. The molecule has 176 valence electrons. The molecule has 0 fully saturated rings. The van der Waals surface area contributed by atoms with Gasteiger partial charge in [0.1, 0.15) is 0 Å². The third kappa shape index (κ3) is 22.1. The van der Waals surface area contributed by atoms with Gasteiger partial charge in [0.25, 0.3) is 0 Å². The van der Waals surface area contributed by atoms with Crippen molar-refractivity contribution in [1.29, 1.82) is 0 Å². The Bertz CT molecular complexity index is 442. The minimum atomic E-state index is -4.14. The zero-order chi connectivity index (χ0) is 21.8. The first-order chi connectivity index (χ1) is 13.9. The number of aliphatic hydroxyl groups is 1. The minimum Gasteiger partial charge on any atom is -0.748 e. The number of unbranched alkanes of at least 4 members (excludes halogenated alkanes) is 14. The van der Waals surface area contributed by atoms with Crippen molar-refractivity contribution in [3.8, 4) is 0 Å². The van der Waals surface area contributed by atoms with E-state index in [-0.39, 0.29) is 35.7 Å². The standard InChI is InChI=1S/C24H50O4S.Na/c1-3-5-6-7-8-9-10-11-12-13-14-17-20-23(25)21-18-15-16-19-22-24(4-2)29(26,27)28;/h23-25H,3-22H2,1-2H3,(H,26,27,28);/q;+1/p-1. The van der Waals surface area contributed by atoms with Crippen molar-refractivity contribution < 1.29 is 47.6 Å². The predicted octanol–water partition coefficient (Wildman–Crippen LogP) is 4.11. The average molecular weight is 457 g/mol. The van der Waals surface area contributed by atoms with Crippen molar-refractivity contribution >= 4 is 10.1 Å². The maximum atomic E-state index is 11.0. The first-order valence-corrected chi connectivity index (χ1v) is 14.0. The normalized spacial score (nSPS) is 13.7. The molecular formula is C24H49NaO4S. The first-order valence-electron chi connectivity index (χ1n) is 12.5. The van der Waals surface area contributed by atoms with Gasteiger partial charge in [0.2, 0.25) is 0 Å². The van der Waals surface area contributed by atoms with Crippen LogP contribution in [0.25, 0.3) is 0 Å². The van der Waals surface area contributed by atoms with Crippen molar-refractivity contribution in [3.05, 3.63) is 0 Å². The van der Waals surface area contributed by atoms with Gasteiger partial charge in [-0.05, 0) is 25.7 Å². The second-order valence-electron chi connectivity index (χ2n) is 8.85. The molecule has 30 heavy (non-hydrogen) atoms. The second kappa shape index (κ2) is 23.0. The number of hydrogen-bond donors (Lipinski definition) is 1. The molecule has 0 spiro atoms. The molecule has 2 unspecified atom stereocenters. The maximum absolute atomic E-state index is 11.0. The molecule has 0 bridgehead atoms. The molecule has 0 aliphatic rings. The quantitative estimate of drug-likeness (QED) is 0.151. The van der Waals surface area contributed by atoms with Crippen molar-refractivity contribution in [2.45, 2.75) is 154 Å². The monoisotopic (exact) mass is 456 g/mol. The fourth-order valence-corrected chi connectivity index (χ4v) is 4.89. The van der Waals surface area contributed by atoms with E-state index >= 15 is 0 Å². The number of aliphatic hydroxyl groups excluding tert-OH is 1. The Morgan fingerprint density at radius 3 is 1.30 bits per heavy atom. The molecule has 0 aliphatic heterocycles. The van der Waals surface area contributed by atoms with Crippen LogP contribution < -0.4 is 29.6 Å². The molecule has 0 heterocycles. The van der Waals surface area contributed by atoms with Crippen LogP contribution in [0.15, 0.2) is 0 Å². The summed E-state index contributed by atoms with van der Waals surface area (Å²) < 4.78 is 33.1. The van der Waals surface area contributed by atoms with E-state index in [0.717, 1.165) is 44.9 Å². The fraction of sp³-hybridized carbons (Fsp3) is 1.00. The molecule has 4 nitrogen and oxygen atoms in total. The summed E-state index contributed by atoms with van der Waals surface area (Å²) in [4.78, 5) is 0. The van der Waals surface area contributed by atoms with Gasteiger partial charge in [0.05, 0.1) is 16.2 Å². The van der Waals surface area contributed by atoms with E-state index in [4.69, 9.17) is 0 Å². The number of hydrogen-bond acceptors (Lipinski definition) is 4. The zero-order valence-corrected chi connectivity index (χ0v) is 23.2. The Balaban J connectivity index is 0. The summed E-state index contributed by atoms with van der Waals surface area (Å²) in [5.41, 5.74) is 0. The van der Waals surface area contributed by atoms with Gasteiger partial charge in [0.15, 0.2) is 0 Å². The van der Waals surface area contributed by atoms with Crippen LogP contribution in [0.1, 0.15) is 142 Å². The van der Waals surface area contributed by atoms with Crippen LogP contribution in [0.2, 0.25) is 0 Å². The molecule has 0 aromatic carbocycles. The number of rotatable bonds is 22. The summed E-state index contributed by atoms with van der Waals surface area (Å²) in [5, 5.41) is 9.36. The summed E-state index contributed by atoms with van der Waals surface area (Å²) in [5.74, 6) is 0. The Hall–Kier alpha value is 0.870. The smallest absolute Gasteiger partial charge is 0.748 e. The molecular weight excluding hydrogens is 407 g/mol. The summed E-state index contributed by atoms with van der Waals surface area (Å²) >= 11 is 0. The Labute approximate surface area is 210 Å². The van der Waals surface area contributed by atoms with Crippen LogP contribution in [-0.4, -0.2) is 29.4 Å². The van der Waals surface area contributed by atoms with E-state index in [9.17, 15) is 18.1 Å². The molecule has 2 atom stereocenters. The minimum absolute atomic E-state index is 0. The van der Waals surface area contributed by atoms with Gasteiger partial charge in [-0.3, -0.25) is 0 Å². The van der Waals surface area contributed by atoms with E-state index in [1.165, 1.54) is 70.6 Å². The van der Waals surface area contributed by atoms with Crippen LogP contribution in [0.3, 0.4) is 0 Å². The molecule has 0 aliphatic carbocycles. The van der Waals surface area contributed by atoms with Crippen molar-refractivity contribution in [2.24, 2.45) is 0 Å². The molecule has 0 radical (unpaired) electrons. The Kier molecular flexibility index (Phi) is 25.4. The molecule has 1 N–H and O–H groups in total. The molecule has 0 saturated carbocycles. The second-order valence-corrected chi connectivity index (χ2v) is 10.5. The van der Waals surface area contributed by atoms with Gasteiger partial charge in [-0.15, -0.1) is 0 Å². The molecule has 0 saturated heterocycles. The first kappa shape index (κ1) is 33.0. The Morgan fingerprint density at radius 1 is 0.633 bits per heavy atom. The van der Waals surface area contributed by atoms with Crippen LogP contribution in [-0.2, 0) is 10.1 Å². The van der Waals surface area contributed by atoms with Crippen molar-refractivity contribution in [1.82, 2.24) is 0 Å². The van der Waals surface area contributed by atoms with Crippen molar-refractivity contribution in [3.63, 3.8) is 0 Å². The van der Waals surface area contributed by atoms with Crippen LogP contribution in [0.4, 0.5) is 0 Å². The summed E-state index contributed by atoms with van der Waals surface area (Å²) in [6.45, 7) is 4.02. The van der Waals surface area contributed by atoms with Gasteiger partial charge < -0.3 is 9.66 Å². The average Bonchev–Trinajstić information content (AvgIpc) is 2.67. The van der Waals surface area contributed by atoms with Crippen LogP contribution in [0.5, 0.6) is 0 Å². The topological polar surface area (TPSA) is 77.4 Å². The van der Waals surface area contributed by atoms with E-state index < -0.39 is 15.4 Å². The predicted molar refractivity (Wildman–Crippen MR) is 123 cm³/mol. The summed E-state index contributed by atoms with van der Waals surface area (Å²) in [7, 11) is -4.14. The van der Waals surface area contributed by atoms with Crippen LogP contribution in [0, 0.1) is 0 Å².